The molecule has 2 aromatic carbocycles. The van der Waals surface area contributed by atoms with Gasteiger partial charge in [0.2, 0.25) is 0 Å². The number of carbonyl (C=O) groups excluding carboxylic acids is 1. The van der Waals surface area contributed by atoms with Gasteiger partial charge in [-0.05, 0) is 30.3 Å². The van der Waals surface area contributed by atoms with Gasteiger partial charge in [0.25, 0.3) is 0 Å². The number of Topliss-reactive ketones (excluding diaryl/α,β-unsaturated/α-hetero) is 1. The van der Waals surface area contributed by atoms with Gasteiger partial charge in [-0.2, -0.15) is 0 Å². The van der Waals surface area contributed by atoms with E-state index in [-0.39, 0.29) is 12.2 Å². The highest BCUT2D eigenvalue weighted by Gasteiger charge is 2.11. The molecule has 0 saturated carbocycles. The van der Waals surface area contributed by atoms with Gasteiger partial charge < -0.3 is 4.74 Å². The van der Waals surface area contributed by atoms with Crippen molar-refractivity contribution in [3.8, 4) is 5.75 Å². The molecule has 0 unspecified atom stereocenters. The third kappa shape index (κ3) is 3.29. The lowest BCUT2D eigenvalue weighted by Gasteiger charge is -2.07. The molecule has 0 bridgehead atoms. The third-order valence-electron chi connectivity index (χ3n) is 2.44. The summed E-state index contributed by atoms with van der Waals surface area (Å²) in [4.78, 5) is 11.7. The Kier molecular flexibility index (Phi) is 4.12. The lowest BCUT2D eigenvalue weighted by atomic mass is 10.1. The average molecular weight is 283 g/mol. The topological polar surface area (TPSA) is 26.3 Å². The van der Waals surface area contributed by atoms with Crippen molar-refractivity contribution >= 4 is 17.4 Å². The number of hydrogen-bond acceptors (Lipinski definition) is 2. The fourth-order valence-electron chi connectivity index (χ4n) is 1.46. The Morgan fingerprint density at radius 2 is 1.84 bits per heavy atom. The van der Waals surface area contributed by atoms with Crippen LogP contribution in [0.15, 0.2) is 42.5 Å². The summed E-state index contributed by atoms with van der Waals surface area (Å²) in [6.07, 6.45) is 0. The summed E-state index contributed by atoms with van der Waals surface area (Å²) in [7, 11) is 0. The highest BCUT2D eigenvalue weighted by atomic mass is 35.5. The quantitative estimate of drug-likeness (QED) is 0.796. The predicted octanol–water partition coefficient (Wildman–Crippen LogP) is 3.88. The summed E-state index contributed by atoms with van der Waals surface area (Å²) in [6.45, 7) is -0.297. The second kappa shape index (κ2) is 5.80. The Morgan fingerprint density at radius 1 is 1.11 bits per heavy atom. The molecule has 0 heterocycles. The molecule has 0 radical (unpaired) electrons. The van der Waals surface area contributed by atoms with E-state index in [0.29, 0.717) is 10.8 Å². The van der Waals surface area contributed by atoms with Crippen LogP contribution in [0, 0.1) is 11.6 Å². The van der Waals surface area contributed by atoms with Crippen LogP contribution in [-0.2, 0) is 0 Å². The molecule has 0 aliphatic heterocycles. The number of halogens is 3. The molecular weight excluding hydrogens is 274 g/mol. The van der Waals surface area contributed by atoms with Crippen LogP contribution in [0.3, 0.4) is 0 Å². The van der Waals surface area contributed by atoms with Crippen molar-refractivity contribution in [2.75, 3.05) is 6.61 Å². The minimum atomic E-state index is -1.07. The van der Waals surface area contributed by atoms with E-state index in [1.54, 1.807) is 24.3 Å². The summed E-state index contributed by atoms with van der Waals surface area (Å²) >= 11 is 5.85. The molecule has 98 valence electrons. The second-order valence-corrected chi connectivity index (χ2v) is 4.18. The molecule has 0 spiro atoms. The largest absolute Gasteiger partial charge is 0.484 e. The zero-order valence-corrected chi connectivity index (χ0v) is 10.5. The molecule has 19 heavy (non-hydrogen) atoms. The van der Waals surface area contributed by atoms with Gasteiger partial charge >= 0.3 is 0 Å². The number of para-hydroxylation sites is 1. The Morgan fingerprint density at radius 3 is 2.53 bits per heavy atom. The first-order valence-electron chi connectivity index (χ1n) is 5.43. The van der Waals surface area contributed by atoms with Gasteiger partial charge in [-0.1, -0.05) is 23.7 Å². The van der Waals surface area contributed by atoms with Crippen LogP contribution < -0.4 is 4.74 Å². The van der Waals surface area contributed by atoms with Crippen LogP contribution >= 0.6 is 11.6 Å². The van der Waals surface area contributed by atoms with E-state index in [4.69, 9.17) is 16.3 Å². The first-order valence-corrected chi connectivity index (χ1v) is 5.81. The van der Waals surface area contributed by atoms with Gasteiger partial charge in [0.15, 0.2) is 24.0 Å². The van der Waals surface area contributed by atoms with Gasteiger partial charge in [0, 0.05) is 5.56 Å². The molecule has 2 nitrogen and oxygen atoms in total. The molecule has 2 rings (SSSR count). The van der Waals surface area contributed by atoms with E-state index in [0.717, 1.165) is 12.1 Å². The van der Waals surface area contributed by atoms with Crippen molar-refractivity contribution in [1.29, 1.82) is 0 Å². The normalized spacial score (nSPS) is 10.3. The minimum absolute atomic E-state index is 0.0472. The Hall–Kier alpha value is -1.94. The zero-order valence-electron chi connectivity index (χ0n) is 9.70. The van der Waals surface area contributed by atoms with Crippen LogP contribution in [0.5, 0.6) is 5.75 Å². The van der Waals surface area contributed by atoms with Crippen LogP contribution in [0.2, 0.25) is 5.02 Å². The molecule has 0 aromatic heterocycles. The van der Waals surface area contributed by atoms with Crippen LogP contribution in [0.4, 0.5) is 8.78 Å². The van der Waals surface area contributed by atoms with Crippen LogP contribution in [0.25, 0.3) is 0 Å². The maximum absolute atomic E-state index is 13.0. The van der Waals surface area contributed by atoms with Crippen molar-refractivity contribution in [3.05, 3.63) is 64.7 Å². The number of hydrogen-bond donors (Lipinski definition) is 0. The summed E-state index contributed by atoms with van der Waals surface area (Å²) < 4.78 is 30.9. The summed E-state index contributed by atoms with van der Waals surface area (Å²) in [5, 5.41) is 0.376. The molecule has 0 fully saturated rings. The van der Waals surface area contributed by atoms with Crippen LogP contribution in [-0.4, -0.2) is 12.4 Å². The van der Waals surface area contributed by atoms with Gasteiger partial charge in [-0.15, -0.1) is 0 Å². The number of carbonyl (C=O) groups is 1. The average Bonchev–Trinajstić information content (AvgIpc) is 2.40. The van der Waals surface area contributed by atoms with E-state index in [1.165, 1.54) is 6.07 Å². The Labute approximate surface area is 113 Å². The van der Waals surface area contributed by atoms with E-state index in [1.807, 2.05) is 0 Å². The fraction of sp³-hybridized carbons (Fsp3) is 0.0714. The molecule has 0 saturated heterocycles. The monoisotopic (exact) mass is 282 g/mol. The fourth-order valence-corrected chi connectivity index (χ4v) is 1.65. The van der Waals surface area contributed by atoms with E-state index in [9.17, 15) is 13.6 Å². The number of ether oxygens (including phenoxy) is 1. The van der Waals surface area contributed by atoms with Gasteiger partial charge in [0.05, 0.1) is 5.02 Å². The molecular formula is C14H9ClF2O2. The Bertz CT molecular complexity index is 614. The number of ketones is 1. The van der Waals surface area contributed by atoms with E-state index in [2.05, 4.69) is 0 Å². The van der Waals surface area contributed by atoms with Crippen molar-refractivity contribution < 1.29 is 18.3 Å². The van der Waals surface area contributed by atoms with Crippen LogP contribution in [0.1, 0.15) is 10.4 Å². The van der Waals surface area contributed by atoms with Gasteiger partial charge in [-0.3, -0.25) is 4.79 Å². The smallest absolute Gasteiger partial charge is 0.200 e. The molecule has 0 aliphatic carbocycles. The molecule has 5 heteroatoms. The lowest BCUT2D eigenvalue weighted by molar-refractivity contribution is 0.0921. The first-order chi connectivity index (χ1) is 9.08. The maximum Gasteiger partial charge on any atom is 0.200 e. The highest BCUT2D eigenvalue weighted by Crippen LogP contribution is 2.23. The molecule has 0 N–H and O–H groups in total. The Balaban J connectivity index is 2.05. The molecule has 2 aromatic rings. The standard InChI is InChI=1S/C14H9ClF2O2/c15-10-3-1-2-4-14(10)19-8-13(18)9-5-6-11(16)12(17)7-9/h1-7H,8H2. The van der Waals surface area contributed by atoms with Crippen molar-refractivity contribution in [2.24, 2.45) is 0 Å². The summed E-state index contributed by atoms with van der Waals surface area (Å²) in [5.74, 6) is -2.16. The SMILES string of the molecule is O=C(COc1ccccc1Cl)c1ccc(F)c(F)c1. The zero-order chi connectivity index (χ0) is 13.8. The van der Waals surface area contributed by atoms with E-state index >= 15 is 0 Å². The maximum atomic E-state index is 13.0. The molecule has 0 atom stereocenters. The second-order valence-electron chi connectivity index (χ2n) is 3.77. The minimum Gasteiger partial charge on any atom is -0.484 e. The highest BCUT2D eigenvalue weighted by molar-refractivity contribution is 6.32. The van der Waals surface area contributed by atoms with Crippen molar-refractivity contribution in [3.63, 3.8) is 0 Å². The lowest BCUT2D eigenvalue weighted by Crippen LogP contribution is -2.12. The molecule has 0 aliphatic rings. The van der Waals surface area contributed by atoms with Crippen molar-refractivity contribution in [1.82, 2.24) is 0 Å². The number of rotatable bonds is 4. The summed E-state index contributed by atoms with van der Waals surface area (Å²) in [6, 6.07) is 9.62. The molecule has 0 amide bonds. The van der Waals surface area contributed by atoms with Crippen molar-refractivity contribution in [2.45, 2.75) is 0 Å². The first kappa shape index (κ1) is 13.5. The van der Waals surface area contributed by atoms with E-state index < -0.39 is 17.4 Å². The third-order valence-corrected chi connectivity index (χ3v) is 2.75. The predicted molar refractivity (Wildman–Crippen MR) is 67.6 cm³/mol. The van der Waals surface area contributed by atoms with Gasteiger partial charge in [0.1, 0.15) is 5.75 Å². The van der Waals surface area contributed by atoms with Gasteiger partial charge in [-0.25, -0.2) is 8.78 Å². The number of benzene rings is 2. The summed E-state index contributed by atoms with van der Waals surface area (Å²) in [5.41, 5.74) is 0.0472.